The molecule has 1 heterocycles. The molecular weight excluding hydrogens is 322 g/mol. The third kappa shape index (κ3) is 5.29. The lowest BCUT2D eigenvalue weighted by Crippen LogP contribution is -2.15. The van der Waals surface area contributed by atoms with Crippen LogP contribution in [0.15, 0.2) is 29.6 Å². The summed E-state index contributed by atoms with van der Waals surface area (Å²) in [7, 11) is 3.95. The average molecular weight is 340 g/mol. The van der Waals surface area contributed by atoms with E-state index >= 15 is 0 Å². The van der Waals surface area contributed by atoms with Crippen molar-refractivity contribution in [3.8, 4) is 5.75 Å². The standard InChI is InChI=1S/C15H18ClN3O2S/c1-19(2)9-11-10-22-15(17-11)18-14(20)7-8-21-13-6-4-3-5-12(13)16/h3-6,10H,7-9H2,1-2H3,(H,17,18,20). The fourth-order valence-electron chi connectivity index (χ4n) is 1.76. The normalized spacial score (nSPS) is 10.7. The molecule has 2 rings (SSSR count). The minimum absolute atomic E-state index is 0.127. The summed E-state index contributed by atoms with van der Waals surface area (Å²) in [6.07, 6.45) is 0.244. The second kappa shape index (κ2) is 8.12. The zero-order valence-corrected chi connectivity index (χ0v) is 14.1. The van der Waals surface area contributed by atoms with Crippen LogP contribution in [0.5, 0.6) is 5.75 Å². The van der Waals surface area contributed by atoms with Crippen LogP contribution in [0.25, 0.3) is 0 Å². The number of halogens is 1. The largest absolute Gasteiger partial charge is 0.491 e. The molecule has 1 aromatic carbocycles. The number of benzene rings is 1. The van der Waals surface area contributed by atoms with Gasteiger partial charge < -0.3 is 15.0 Å². The van der Waals surface area contributed by atoms with Gasteiger partial charge in [0, 0.05) is 11.9 Å². The number of anilines is 1. The second-order valence-corrected chi connectivity index (χ2v) is 6.22. The molecule has 118 valence electrons. The van der Waals surface area contributed by atoms with E-state index in [4.69, 9.17) is 16.3 Å². The molecule has 1 amide bonds. The molecule has 0 radical (unpaired) electrons. The Morgan fingerprint density at radius 3 is 2.91 bits per heavy atom. The molecule has 0 aliphatic heterocycles. The van der Waals surface area contributed by atoms with E-state index < -0.39 is 0 Å². The summed E-state index contributed by atoms with van der Waals surface area (Å²) in [5.74, 6) is 0.456. The first-order chi connectivity index (χ1) is 10.5. The molecule has 0 unspecified atom stereocenters. The van der Waals surface area contributed by atoms with Crippen molar-refractivity contribution in [2.75, 3.05) is 26.0 Å². The number of carbonyl (C=O) groups is 1. The summed E-state index contributed by atoms with van der Waals surface area (Å²) < 4.78 is 5.49. The Bertz CT molecular complexity index is 631. The SMILES string of the molecule is CN(C)Cc1csc(NC(=O)CCOc2ccccc2Cl)n1. The summed E-state index contributed by atoms with van der Waals surface area (Å²) in [5, 5.41) is 5.86. The number of nitrogens with zero attached hydrogens (tertiary/aromatic N) is 2. The van der Waals surface area contributed by atoms with Gasteiger partial charge in [-0.1, -0.05) is 23.7 Å². The van der Waals surface area contributed by atoms with E-state index in [1.807, 2.05) is 36.5 Å². The van der Waals surface area contributed by atoms with Crippen LogP contribution < -0.4 is 10.1 Å². The molecule has 5 nitrogen and oxygen atoms in total. The number of nitrogens with one attached hydrogen (secondary N) is 1. The molecule has 0 spiro atoms. The van der Waals surface area contributed by atoms with Crippen molar-refractivity contribution >= 4 is 34.0 Å². The summed E-state index contributed by atoms with van der Waals surface area (Å²) in [6.45, 7) is 1.02. The Hall–Kier alpha value is -1.63. The van der Waals surface area contributed by atoms with Gasteiger partial charge in [0.1, 0.15) is 5.75 Å². The van der Waals surface area contributed by atoms with Crippen LogP contribution in [0.2, 0.25) is 5.02 Å². The Morgan fingerprint density at radius 2 is 2.18 bits per heavy atom. The van der Waals surface area contributed by atoms with E-state index in [-0.39, 0.29) is 18.9 Å². The lowest BCUT2D eigenvalue weighted by molar-refractivity contribution is -0.116. The average Bonchev–Trinajstić information content (AvgIpc) is 2.87. The number of amides is 1. The van der Waals surface area contributed by atoms with Gasteiger partial charge in [0.2, 0.25) is 5.91 Å². The van der Waals surface area contributed by atoms with E-state index in [9.17, 15) is 4.79 Å². The van der Waals surface area contributed by atoms with Gasteiger partial charge in [-0.3, -0.25) is 4.79 Å². The van der Waals surface area contributed by atoms with Crippen molar-refractivity contribution in [1.82, 2.24) is 9.88 Å². The molecule has 0 saturated heterocycles. The van der Waals surface area contributed by atoms with Gasteiger partial charge >= 0.3 is 0 Å². The van der Waals surface area contributed by atoms with Crippen molar-refractivity contribution < 1.29 is 9.53 Å². The maximum Gasteiger partial charge on any atom is 0.229 e. The highest BCUT2D eigenvalue weighted by atomic mass is 35.5. The molecule has 22 heavy (non-hydrogen) atoms. The van der Waals surface area contributed by atoms with Crippen LogP contribution in [0, 0.1) is 0 Å². The highest BCUT2D eigenvalue weighted by molar-refractivity contribution is 7.13. The lowest BCUT2D eigenvalue weighted by Gasteiger charge is -2.07. The van der Waals surface area contributed by atoms with E-state index in [0.717, 1.165) is 12.2 Å². The number of carbonyl (C=O) groups excluding carboxylic acids is 1. The van der Waals surface area contributed by atoms with Gasteiger partial charge in [-0.05, 0) is 26.2 Å². The number of thiazole rings is 1. The molecular formula is C15H18ClN3O2S. The number of aromatic nitrogens is 1. The van der Waals surface area contributed by atoms with Crippen molar-refractivity contribution in [2.24, 2.45) is 0 Å². The van der Waals surface area contributed by atoms with Gasteiger partial charge in [-0.2, -0.15) is 0 Å². The lowest BCUT2D eigenvalue weighted by atomic mass is 10.3. The molecule has 0 atom stereocenters. The number of rotatable bonds is 7. The van der Waals surface area contributed by atoms with Gasteiger partial charge in [-0.25, -0.2) is 4.98 Å². The van der Waals surface area contributed by atoms with Crippen LogP contribution in [-0.4, -0.2) is 36.5 Å². The van der Waals surface area contributed by atoms with Crippen LogP contribution >= 0.6 is 22.9 Å². The molecule has 0 aliphatic carbocycles. The maximum atomic E-state index is 11.9. The molecule has 0 bridgehead atoms. The van der Waals surface area contributed by atoms with Gasteiger partial charge in [0.15, 0.2) is 5.13 Å². The first kappa shape index (κ1) is 16.7. The summed E-state index contributed by atoms with van der Waals surface area (Å²) in [5.41, 5.74) is 0.942. The third-order valence-corrected chi connectivity index (χ3v) is 3.82. The van der Waals surface area contributed by atoms with Gasteiger partial charge in [0.25, 0.3) is 0 Å². The zero-order valence-electron chi connectivity index (χ0n) is 12.5. The van der Waals surface area contributed by atoms with Gasteiger partial charge in [0.05, 0.1) is 23.7 Å². The quantitative estimate of drug-likeness (QED) is 0.841. The minimum atomic E-state index is -0.127. The van der Waals surface area contributed by atoms with Crippen molar-refractivity contribution in [1.29, 1.82) is 0 Å². The Morgan fingerprint density at radius 1 is 1.41 bits per heavy atom. The van der Waals surface area contributed by atoms with Gasteiger partial charge in [-0.15, -0.1) is 11.3 Å². The summed E-state index contributed by atoms with van der Waals surface area (Å²) in [4.78, 5) is 18.2. The zero-order chi connectivity index (χ0) is 15.9. The van der Waals surface area contributed by atoms with Crippen molar-refractivity contribution in [3.05, 3.63) is 40.4 Å². The molecule has 0 aliphatic rings. The molecule has 0 fully saturated rings. The summed E-state index contributed by atoms with van der Waals surface area (Å²) in [6, 6.07) is 7.19. The first-order valence-corrected chi connectivity index (χ1v) is 8.06. The predicted octanol–water partition coefficient (Wildman–Crippen LogP) is 3.27. The van der Waals surface area contributed by atoms with E-state index in [1.165, 1.54) is 11.3 Å². The summed E-state index contributed by atoms with van der Waals surface area (Å²) >= 11 is 7.40. The van der Waals surface area contributed by atoms with E-state index in [2.05, 4.69) is 10.3 Å². The third-order valence-electron chi connectivity index (χ3n) is 2.70. The molecule has 1 aromatic heterocycles. The van der Waals surface area contributed by atoms with Crippen LogP contribution in [0.3, 0.4) is 0 Å². The highest BCUT2D eigenvalue weighted by Crippen LogP contribution is 2.23. The van der Waals surface area contributed by atoms with Crippen molar-refractivity contribution in [3.63, 3.8) is 0 Å². The van der Waals surface area contributed by atoms with E-state index in [0.29, 0.717) is 15.9 Å². The number of hydrogen-bond donors (Lipinski definition) is 1. The van der Waals surface area contributed by atoms with Crippen LogP contribution in [-0.2, 0) is 11.3 Å². The molecule has 7 heteroatoms. The topological polar surface area (TPSA) is 54.5 Å². The maximum absolute atomic E-state index is 11.9. The second-order valence-electron chi connectivity index (χ2n) is 4.96. The Balaban J connectivity index is 1.76. The number of hydrogen-bond acceptors (Lipinski definition) is 5. The monoisotopic (exact) mass is 339 g/mol. The van der Waals surface area contributed by atoms with Crippen LogP contribution in [0.4, 0.5) is 5.13 Å². The number of ether oxygens (including phenoxy) is 1. The van der Waals surface area contributed by atoms with E-state index in [1.54, 1.807) is 12.1 Å². The molecule has 2 aromatic rings. The Labute approximate surface area is 138 Å². The highest BCUT2D eigenvalue weighted by Gasteiger charge is 2.08. The van der Waals surface area contributed by atoms with Crippen LogP contribution in [0.1, 0.15) is 12.1 Å². The van der Waals surface area contributed by atoms with Crippen molar-refractivity contribution in [2.45, 2.75) is 13.0 Å². The first-order valence-electron chi connectivity index (χ1n) is 6.81. The number of para-hydroxylation sites is 1. The fourth-order valence-corrected chi connectivity index (χ4v) is 2.67. The minimum Gasteiger partial charge on any atom is -0.491 e. The predicted molar refractivity (Wildman–Crippen MR) is 89.7 cm³/mol. The fraction of sp³-hybridized carbons (Fsp3) is 0.333. The molecule has 0 saturated carbocycles. The molecule has 1 N–H and O–H groups in total. The smallest absolute Gasteiger partial charge is 0.229 e. The Kier molecular flexibility index (Phi) is 6.18.